The number of fused-ring (bicyclic) bond motifs is 3. The third-order valence-electron chi connectivity index (χ3n) is 6.75. The van der Waals surface area contributed by atoms with Crippen LogP contribution in [0.5, 0.6) is 0 Å². The van der Waals surface area contributed by atoms with Crippen molar-refractivity contribution in [2.45, 2.75) is 52.9 Å². The molecule has 0 saturated carbocycles. The number of hydrogen-bond donors (Lipinski definition) is 0. The van der Waals surface area contributed by atoms with Crippen molar-refractivity contribution in [1.82, 2.24) is 9.88 Å². The van der Waals surface area contributed by atoms with Gasteiger partial charge in [-0.3, -0.25) is 4.98 Å². The molecular formula is C31H36N2. The molecule has 0 amide bonds. The monoisotopic (exact) mass is 436 g/mol. The molecule has 170 valence electrons. The van der Waals surface area contributed by atoms with Gasteiger partial charge in [-0.2, -0.15) is 0 Å². The van der Waals surface area contributed by atoms with Gasteiger partial charge in [-0.15, -0.1) is 0 Å². The number of aryl methyl sites for hydroxylation is 1. The average Bonchev–Trinajstić information content (AvgIpc) is 3.08. The molecule has 0 radical (unpaired) electrons. The number of hydrogen-bond acceptors (Lipinski definition) is 2. The van der Waals surface area contributed by atoms with Crippen LogP contribution in [0.25, 0.3) is 16.5 Å². The van der Waals surface area contributed by atoms with Crippen molar-refractivity contribution in [3.05, 3.63) is 107 Å². The smallest absolute Gasteiger partial charge is 0.0708 e. The van der Waals surface area contributed by atoms with Gasteiger partial charge in [0, 0.05) is 31.4 Å². The van der Waals surface area contributed by atoms with Gasteiger partial charge in [0.05, 0.1) is 5.52 Å². The third-order valence-corrected chi connectivity index (χ3v) is 6.75. The van der Waals surface area contributed by atoms with E-state index in [9.17, 15) is 0 Å². The molecule has 0 saturated heterocycles. The van der Waals surface area contributed by atoms with Gasteiger partial charge < -0.3 is 4.90 Å². The van der Waals surface area contributed by atoms with Crippen LogP contribution in [0.3, 0.4) is 0 Å². The molecule has 1 aromatic carbocycles. The average molecular weight is 437 g/mol. The molecule has 33 heavy (non-hydrogen) atoms. The number of nitrogens with zero attached hydrogens (tertiary/aromatic N) is 2. The summed E-state index contributed by atoms with van der Waals surface area (Å²) in [5.74, 6) is 0. The van der Waals surface area contributed by atoms with Gasteiger partial charge in [0.1, 0.15) is 0 Å². The second kappa shape index (κ2) is 10.2. The SMILES string of the molecule is C=C1Cc2cnc3cc(CC)c(C4=CN(C)CC=C4)cc3c2C1.CCC1=C(C)C=CCC=C1. The van der Waals surface area contributed by atoms with Gasteiger partial charge in [-0.25, -0.2) is 0 Å². The predicted octanol–water partition coefficient (Wildman–Crippen LogP) is 7.52. The highest BCUT2D eigenvalue weighted by Crippen LogP contribution is 2.34. The lowest BCUT2D eigenvalue weighted by molar-refractivity contribution is 0.507. The third kappa shape index (κ3) is 5.11. The molecule has 1 aliphatic heterocycles. The van der Waals surface area contributed by atoms with Crippen molar-refractivity contribution >= 4 is 16.5 Å². The highest BCUT2D eigenvalue weighted by atomic mass is 15.1. The van der Waals surface area contributed by atoms with E-state index in [2.05, 4.69) is 94.1 Å². The zero-order valence-corrected chi connectivity index (χ0v) is 20.6. The molecular weight excluding hydrogens is 400 g/mol. The first-order chi connectivity index (χ1) is 16.0. The van der Waals surface area contributed by atoms with Crippen molar-refractivity contribution in [3.8, 4) is 0 Å². The van der Waals surface area contributed by atoms with Crippen LogP contribution in [-0.2, 0) is 19.3 Å². The summed E-state index contributed by atoms with van der Waals surface area (Å²) < 4.78 is 0. The molecule has 0 spiro atoms. The van der Waals surface area contributed by atoms with Gasteiger partial charge in [-0.05, 0) is 90.1 Å². The zero-order valence-electron chi connectivity index (χ0n) is 20.6. The molecule has 2 heteroatoms. The van der Waals surface area contributed by atoms with Crippen LogP contribution in [0.1, 0.15) is 55.9 Å². The first kappa shape index (κ1) is 23.0. The Kier molecular flexibility index (Phi) is 7.13. The largest absolute Gasteiger partial charge is 0.376 e. The minimum atomic E-state index is 0.981. The number of benzene rings is 1. The van der Waals surface area contributed by atoms with Gasteiger partial charge in [0.15, 0.2) is 0 Å². The molecule has 0 N–H and O–H groups in total. The topological polar surface area (TPSA) is 16.1 Å². The fourth-order valence-corrected chi connectivity index (χ4v) is 4.89. The molecule has 2 nitrogen and oxygen atoms in total. The lowest BCUT2D eigenvalue weighted by Gasteiger charge is -2.20. The molecule has 1 aromatic heterocycles. The fourth-order valence-electron chi connectivity index (χ4n) is 4.89. The summed E-state index contributed by atoms with van der Waals surface area (Å²) in [6.07, 6.45) is 22.8. The highest BCUT2D eigenvalue weighted by Gasteiger charge is 2.19. The Morgan fingerprint density at radius 1 is 1.00 bits per heavy atom. The lowest BCUT2D eigenvalue weighted by Crippen LogP contribution is -2.14. The molecule has 0 bridgehead atoms. The van der Waals surface area contributed by atoms with Crippen LogP contribution in [0.4, 0.5) is 0 Å². The maximum atomic E-state index is 4.71. The van der Waals surface area contributed by atoms with Gasteiger partial charge in [0.25, 0.3) is 0 Å². The maximum absolute atomic E-state index is 4.71. The van der Waals surface area contributed by atoms with E-state index in [0.29, 0.717) is 0 Å². The van der Waals surface area contributed by atoms with Crippen molar-refractivity contribution in [2.24, 2.45) is 0 Å². The number of rotatable bonds is 3. The van der Waals surface area contributed by atoms with Gasteiger partial charge in [-0.1, -0.05) is 62.5 Å². The summed E-state index contributed by atoms with van der Waals surface area (Å²) in [5, 5.41) is 1.30. The molecule has 5 rings (SSSR count). The number of aromatic nitrogens is 1. The van der Waals surface area contributed by atoms with Crippen LogP contribution in [0, 0.1) is 0 Å². The van der Waals surface area contributed by atoms with Crippen LogP contribution < -0.4 is 0 Å². The molecule has 2 aliphatic carbocycles. The Labute approximate surface area is 199 Å². The van der Waals surface area contributed by atoms with E-state index in [1.807, 2.05) is 6.20 Å². The Bertz CT molecular complexity index is 1220. The summed E-state index contributed by atoms with van der Waals surface area (Å²) >= 11 is 0. The molecule has 0 unspecified atom stereocenters. The quantitative estimate of drug-likeness (QED) is 0.462. The van der Waals surface area contributed by atoms with E-state index in [1.54, 1.807) is 0 Å². The zero-order chi connectivity index (χ0) is 23.4. The maximum Gasteiger partial charge on any atom is 0.0708 e. The minimum absolute atomic E-state index is 0.981. The standard InChI is InChI=1S/C21H22N2.C10H14/c1-4-15-10-21-20(19-9-14(2)8-17(19)12-22-21)11-18(15)16-6-5-7-23(3)13-16;1-3-10-8-6-4-5-7-9(10)2/h5-6,10-13H,2,4,7-9H2,1,3H3;5-8H,3-4H2,1-2H3. The second-order valence-electron chi connectivity index (χ2n) is 9.27. The first-order valence-corrected chi connectivity index (χ1v) is 12.2. The predicted molar refractivity (Wildman–Crippen MR) is 143 cm³/mol. The van der Waals surface area contributed by atoms with E-state index in [0.717, 1.165) is 44.2 Å². The Hall–Kier alpha value is -3.13. The summed E-state index contributed by atoms with van der Waals surface area (Å²) in [6.45, 7) is 11.7. The van der Waals surface area contributed by atoms with Crippen LogP contribution in [0.15, 0.2) is 84.3 Å². The van der Waals surface area contributed by atoms with Crippen LogP contribution in [0.2, 0.25) is 0 Å². The Morgan fingerprint density at radius 2 is 1.82 bits per heavy atom. The minimum Gasteiger partial charge on any atom is -0.376 e. The molecule has 0 atom stereocenters. The van der Waals surface area contributed by atoms with Crippen molar-refractivity contribution in [2.75, 3.05) is 13.6 Å². The fraction of sp³-hybridized carbons (Fsp3) is 0.323. The van der Waals surface area contributed by atoms with Crippen LogP contribution in [-0.4, -0.2) is 23.5 Å². The molecule has 2 aromatic rings. The van der Waals surface area contributed by atoms with Crippen molar-refractivity contribution in [1.29, 1.82) is 0 Å². The number of likely N-dealkylation sites (N-methyl/N-ethyl adjacent to an activating group) is 1. The van der Waals surface area contributed by atoms with Crippen LogP contribution >= 0.6 is 0 Å². The van der Waals surface area contributed by atoms with E-state index in [-0.39, 0.29) is 0 Å². The Balaban J connectivity index is 0.000000219. The molecule has 2 heterocycles. The summed E-state index contributed by atoms with van der Waals surface area (Å²) in [4.78, 5) is 6.94. The van der Waals surface area contributed by atoms with E-state index < -0.39 is 0 Å². The summed E-state index contributed by atoms with van der Waals surface area (Å²) in [7, 11) is 2.12. The highest BCUT2D eigenvalue weighted by molar-refractivity contribution is 5.91. The first-order valence-electron chi connectivity index (χ1n) is 12.2. The number of pyridine rings is 1. The summed E-state index contributed by atoms with van der Waals surface area (Å²) in [6, 6.07) is 4.63. The summed E-state index contributed by atoms with van der Waals surface area (Å²) in [5.41, 5.74) is 12.1. The lowest BCUT2D eigenvalue weighted by atomic mass is 9.93. The molecule has 3 aliphatic rings. The number of allylic oxidation sites excluding steroid dienone is 9. The molecule has 0 fully saturated rings. The normalized spacial score (nSPS) is 17.2. The van der Waals surface area contributed by atoms with E-state index in [1.165, 1.54) is 49.9 Å². The van der Waals surface area contributed by atoms with Crippen molar-refractivity contribution in [3.63, 3.8) is 0 Å². The van der Waals surface area contributed by atoms with Gasteiger partial charge in [0.2, 0.25) is 0 Å². The van der Waals surface area contributed by atoms with Crippen molar-refractivity contribution < 1.29 is 0 Å². The van der Waals surface area contributed by atoms with E-state index >= 15 is 0 Å². The second-order valence-corrected chi connectivity index (χ2v) is 9.27. The Morgan fingerprint density at radius 3 is 2.58 bits per heavy atom. The van der Waals surface area contributed by atoms with E-state index in [4.69, 9.17) is 4.98 Å². The van der Waals surface area contributed by atoms with Gasteiger partial charge >= 0.3 is 0 Å².